The summed E-state index contributed by atoms with van der Waals surface area (Å²) in [6.45, 7) is 17.1. The van der Waals surface area contributed by atoms with Crippen molar-refractivity contribution in [2.24, 2.45) is 16.6 Å². The molecule has 1 aromatic heterocycles. The molecule has 3 heterocycles. The number of amides is 4. The molecule has 2 fully saturated rings. The number of ether oxygens (including phenoxy) is 3. The molecule has 0 radical (unpaired) electrons. The molecule has 4 N–H and O–H groups in total. The van der Waals surface area contributed by atoms with E-state index >= 15 is 0 Å². The van der Waals surface area contributed by atoms with Gasteiger partial charge in [0.25, 0.3) is 0 Å². The molecule has 16 nitrogen and oxygen atoms in total. The van der Waals surface area contributed by atoms with E-state index < -0.39 is 41.1 Å². The van der Waals surface area contributed by atoms with Crippen LogP contribution < -0.4 is 16.4 Å². The number of carbonyl (C=O) groups excluding carboxylic acids is 4. The molecular weight excluding hydrogens is 562 g/mol. The van der Waals surface area contributed by atoms with E-state index in [1.54, 1.807) is 72.1 Å². The van der Waals surface area contributed by atoms with Gasteiger partial charge in [0.1, 0.15) is 28.5 Å². The van der Waals surface area contributed by atoms with Crippen molar-refractivity contribution in [1.29, 1.82) is 0 Å². The maximum Gasteiger partial charge on any atom is 0.437 e. The predicted octanol–water partition coefficient (Wildman–Crippen LogP) is 1.59. The maximum absolute atomic E-state index is 12.8. The summed E-state index contributed by atoms with van der Waals surface area (Å²) in [6.07, 6.45) is -0.618. The predicted molar refractivity (Wildman–Crippen MR) is 155 cm³/mol. The highest BCUT2D eigenvalue weighted by Gasteiger charge is 2.38. The third-order valence-corrected chi connectivity index (χ3v) is 5.95. The topological polar surface area (TPSA) is 196 Å². The van der Waals surface area contributed by atoms with Crippen LogP contribution in [0.4, 0.5) is 14.4 Å². The van der Waals surface area contributed by atoms with Crippen LogP contribution in [0.5, 0.6) is 0 Å². The minimum atomic E-state index is -0.911. The summed E-state index contributed by atoms with van der Waals surface area (Å²) in [5, 5.41) is 14.0. The summed E-state index contributed by atoms with van der Waals surface area (Å²) in [6, 6.07) is -0.932. The van der Waals surface area contributed by atoms with Gasteiger partial charge in [-0.1, -0.05) is 0 Å². The Hall–Kier alpha value is -3.95. The Morgan fingerprint density at radius 3 is 2.19 bits per heavy atom. The second-order valence-electron chi connectivity index (χ2n) is 13.7. The zero-order valence-corrected chi connectivity index (χ0v) is 26.5. The highest BCUT2D eigenvalue weighted by molar-refractivity contribution is 5.99. The zero-order chi connectivity index (χ0) is 32.3. The lowest BCUT2D eigenvalue weighted by atomic mass is 10.00. The smallest absolute Gasteiger partial charge is 0.437 e. The minimum Gasteiger partial charge on any atom is -0.444 e. The molecule has 0 saturated carbocycles. The summed E-state index contributed by atoms with van der Waals surface area (Å²) < 4.78 is 16.3. The fourth-order valence-electron chi connectivity index (χ4n) is 4.12. The molecular formula is C27H45N9O7. The average molecular weight is 608 g/mol. The summed E-state index contributed by atoms with van der Waals surface area (Å²) >= 11 is 0. The molecule has 240 valence electrons. The van der Waals surface area contributed by atoms with Gasteiger partial charge < -0.3 is 35.1 Å². The molecule has 2 atom stereocenters. The molecule has 0 aromatic carbocycles. The summed E-state index contributed by atoms with van der Waals surface area (Å²) in [7, 11) is 0. The van der Waals surface area contributed by atoms with Crippen LogP contribution in [-0.2, 0) is 32.1 Å². The van der Waals surface area contributed by atoms with Crippen LogP contribution in [0.2, 0.25) is 0 Å². The third kappa shape index (κ3) is 10.7. The zero-order valence-electron chi connectivity index (χ0n) is 26.5. The van der Waals surface area contributed by atoms with E-state index in [1.807, 2.05) is 0 Å². The lowest BCUT2D eigenvalue weighted by molar-refractivity contribution is -0.130. The van der Waals surface area contributed by atoms with Crippen molar-refractivity contribution in [2.45, 2.75) is 104 Å². The van der Waals surface area contributed by atoms with Crippen LogP contribution in [-0.4, -0.2) is 103 Å². The van der Waals surface area contributed by atoms with Crippen molar-refractivity contribution < 1.29 is 33.4 Å². The summed E-state index contributed by atoms with van der Waals surface area (Å²) in [5.74, 6) is -0.391. The molecule has 0 unspecified atom stereocenters. The number of nitrogens with one attached hydrogen (secondary N) is 2. The maximum atomic E-state index is 12.8. The highest BCUT2D eigenvalue weighted by atomic mass is 16.6. The van der Waals surface area contributed by atoms with Crippen LogP contribution in [0.1, 0.15) is 68.0 Å². The van der Waals surface area contributed by atoms with Gasteiger partial charge in [-0.2, -0.15) is 15.0 Å². The van der Waals surface area contributed by atoms with E-state index in [9.17, 15) is 19.2 Å². The van der Waals surface area contributed by atoms with Crippen molar-refractivity contribution in [1.82, 2.24) is 35.4 Å². The Morgan fingerprint density at radius 1 is 1.05 bits per heavy atom. The van der Waals surface area contributed by atoms with Crippen LogP contribution >= 0.6 is 0 Å². The van der Waals surface area contributed by atoms with Crippen LogP contribution in [0, 0.1) is 5.92 Å². The molecule has 0 bridgehead atoms. The number of hydrogen-bond acceptors (Lipinski definition) is 10. The van der Waals surface area contributed by atoms with E-state index in [-0.39, 0.29) is 43.5 Å². The second kappa shape index (κ2) is 12.7. The average Bonchev–Trinajstić information content (AvgIpc) is 3.22. The highest BCUT2D eigenvalue weighted by Crippen LogP contribution is 2.22. The van der Waals surface area contributed by atoms with Crippen LogP contribution in [0.25, 0.3) is 0 Å². The lowest BCUT2D eigenvalue weighted by Gasteiger charge is -2.42. The van der Waals surface area contributed by atoms with Crippen molar-refractivity contribution in [3.63, 3.8) is 0 Å². The van der Waals surface area contributed by atoms with Gasteiger partial charge >= 0.3 is 18.3 Å². The molecule has 2 aliphatic rings. The van der Waals surface area contributed by atoms with E-state index in [4.69, 9.17) is 19.9 Å². The van der Waals surface area contributed by atoms with E-state index in [0.29, 0.717) is 18.8 Å². The van der Waals surface area contributed by atoms with E-state index in [0.717, 1.165) is 0 Å². The van der Waals surface area contributed by atoms with E-state index in [1.165, 1.54) is 11.0 Å². The van der Waals surface area contributed by atoms with Crippen LogP contribution in [0.3, 0.4) is 0 Å². The van der Waals surface area contributed by atoms with Crippen molar-refractivity contribution in [2.75, 3.05) is 19.6 Å². The summed E-state index contributed by atoms with van der Waals surface area (Å²) in [4.78, 5) is 58.3. The summed E-state index contributed by atoms with van der Waals surface area (Å²) in [5.41, 5.74) is 4.05. The molecule has 0 spiro atoms. The Kier molecular flexibility index (Phi) is 9.93. The number of nitrogens with zero attached hydrogens (tertiary/aromatic N) is 6. The molecule has 2 saturated heterocycles. The van der Waals surface area contributed by atoms with Crippen molar-refractivity contribution in [3.05, 3.63) is 11.9 Å². The normalized spacial score (nSPS) is 19.5. The van der Waals surface area contributed by atoms with Crippen molar-refractivity contribution in [3.8, 4) is 0 Å². The Bertz CT molecular complexity index is 1220. The Morgan fingerprint density at radius 2 is 1.65 bits per heavy atom. The standard InChI is InChI=1S/C27H45N9O7/c1-25(2,3)41-22(38)31-21(32-23(39)42-26(4,5)6)34(11-16-12-35(13-16)24(40)43-27(7,8)9)14-17-10-29-36(33-17)15-18-19(28)20(37)30-18/h10,16,18-19H,11-15,28H2,1-9H3,(H,30,37)(H,31,32,38,39)/t18-,19+/m1/s1. The molecule has 43 heavy (non-hydrogen) atoms. The number of likely N-dealkylation sites (tertiary alicyclic amines) is 1. The first-order chi connectivity index (χ1) is 19.7. The molecule has 1 aromatic rings. The quantitative estimate of drug-likeness (QED) is 0.184. The number of hydrogen-bond donors (Lipinski definition) is 3. The number of alkyl carbamates (subject to hydrolysis) is 1. The first-order valence-electron chi connectivity index (χ1n) is 14.2. The number of rotatable bonds is 6. The number of aliphatic imine (C=N–C) groups is 1. The fourth-order valence-corrected chi connectivity index (χ4v) is 4.12. The van der Waals surface area contributed by atoms with Gasteiger partial charge in [-0.25, -0.2) is 14.4 Å². The van der Waals surface area contributed by atoms with Crippen molar-refractivity contribution >= 4 is 30.1 Å². The van der Waals surface area contributed by atoms with Gasteiger partial charge in [0.05, 0.1) is 25.3 Å². The molecule has 16 heteroatoms. The number of carbonyl (C=O) groups is 4. The molecule has 0 aliphatic carbocycles. The number of guanidine groups is 1. The van der Waals surface area contributed by atoms with Gasteiger partial charge in [0.2, 0.25) is 11.9 Å². The third-order valence-electron chi connectivity index (χ3n) is 5.95. The van der Waals surface area contributed by atoms with Gasteiger partial charge in [-0.15, -0.1) is 4.99 Å². The second-order valence-corrected chi connectivity index (χ2v) is 13.7. The first-order valence-corrected chi connectivity index (χ1v) is 14.2. The Balaban J connectivity index is 1.83. The SMILES string of the molecule is CC(C)(C)OC(=O)N=C(NC(=O)OC(C)(C)C)N(Cc1cnn(C[C@H]2NC(=O)[C@H]2N)n1)CC1CN(C(=O)OC(C)(C)C)C1. The fraction of sp³-hybridized carbons (Fsp3) is 0.741. The van der Waals surface area contributed by atoms with Gasteiger partial charge in [0, 0.05) is 25.6 Å². The number of nitrogens with two attached hydrogens (primary N) is 1. The van der Waals surface area contributed by atoms with Crippen LogP contribution in [0.15, 0.2) is 11.2 Å². The van der Waals surface area contributed by atoms with E-state index in [2.05, 4.69) is 25.8 Å². The van der Waals surface area contributed by atoms with Gasteiger partial charge in [-0.05, 0) is 62.3 Å². The van der Waals surface area contributed by atoms with Gasteiger partial charge in [-0.3, -0.25) is 10.1 Å². The monoisotopic (exact) mass is 607 g/mol. The minimum absolute atomic E-state index is 0.0463. The largest absolute Gasteiger partial charge is 0.444 e. The number of aromatic nitrogens is 3. The molecule has 2 aliphatic heterocycles. The molecule has 3 rings (SSSR count). The Labute approximate surface area is 251 Å². The number of β-lactam (4-membered cyclic amide) rings is 1. The first kappa shape index (κ1) is 33.6. The molecule has 4 amide bonds. The van der Waals surface area contributed by atoms with Gasteiger partial charge in [0.15, 0.2) is 0 Å². The lowest BCUT2D eigenvalue weighted by Crippen LogP contribution is -2.68.